The lowest BCUT2D eigenvalue weighted by Crippen LogP contribution is -2.15. The van der Waals surface area contributed by atoms with E-state index in [0.717, 1.165) is 17.8 Å². The van der Waals surface area contributed by atoms with Crippen LogP contribution in [0.2, 0.25) is 0 Å². The van der Waals surface area contributed by atoms with E-state index in [9.17, 15) is 10.1 Å². The molecular weight excluding hydrogens is 260 g/mol. The van der Waals surface area contributed by atoms with Crippen molar-refractivity contribution in [1.82, 2.24) is 5.32 Å². The zero-order chi connectivity index (χ0) is 13.7. The van der Waals surface area contributed by atoms with E-state index in [1.807, 2.05) is 6.07 Å². The molecule has 1 heterocycles. The second-order valence-electron chi connectivity index (χ2n) is 4.41. The average Bonchev–Trinajstić information content (AvgIpc) is 2.84. The molecule has 0 bridgehead atoms. The van der Waals surface area contributed by atoms with E-state index in [2.05, 4.69) is 36.5 Å². The molecular formula is C14H16N2O2S. The zero-order valence-electron chi connectivity index (χ0n) is 10.8. The number of rotatable bonds is 6. The molecule has 0 saturated carbocycles. The molecule has 5 heteroatoms. The minimum absolute atomic E-state index is 0.204. The molecule has 0 aliphatic carbocycles. The van der Waals surface area contributed by atoms with Crippen LogP contribution in [0.25, 0.3) is 0 Å². The van der Waals surface area contributed by atoms with E-state index < -0.39 is 0 Å². The molecule has 0 unspecified atom stereocenters. The van der Waals surface area contributed by atoms with Gasteiger partial charge >= 0.3 is 5.00 Å². The van der Waals surface area contributed by atoms with Crippen LogP contribution in [0.4, 0.5) is 5.00 Å². The topological polar surface area (TPSA) is 55.2 Å². The minimum Gasteiger partial charge on any atom is -0.312 e. The number of hydrogen-bond donors (Lipinski definition) is 1. The van der Waals surface area contributed by atoms with Crippen LogP contribution < -0.4 is 5.32 Å². The maximum atomic E-state index is 10.6. The number of nitrogens with one attached hydrogen (secondary N) is 1. The van der Waals surface area contributed by atoms with Gasteiger partial charge < -0.3 is 5.32 Å². The predicted octanol–water partition coefficient (Wildman–Crippen LogP) is 3.30. The van der Waals surface area contributed by atoms with Crippen LogP contribution in [-0.2, 0) is 13.0 Å². The number of benzene rings is 1. The second kappa shape index (κ2) is 6.45. The third-order valence-corrected chi connectivity index (χ3v) is 3.84. The Kier molecular flexibility index (Phi) is 4.65. The highest BCUT2D eigenvalue weighted by molar-refractivity contribution is 7.15. The smallest absolute Gasteiger partial charge is 0.312 e. The Morgan fingerprint density at radius 1 is 1.32 bits per heavy atom. The van der Waals surface area contributed by atoms with Crippen molar-refractivity contribution in [3.63, 3.8) is 0 Å². The number of nitrogens with zero attached hydrogens (tertiary/aromatic N) is 1. The van der Waals surface area contributed by atoms with Crippen LogP contribution in [0.3, 0.4) is 0 Å². The third kappa shape index (κ3) is 4.15. The summed E-state index contributed by atoms with van der Waals surface area (Å²) in [4.78, 5) is 11.2. The van der Waals surface area contributed by atoms with E-state index in [-0.39, 0.29) is 9.92 Å². The molecule has 1 aromatic heterocycles. The first-order chi connectivity index (χ1) is 9.15. The van der Waals surface area contributed by atoms with Crippen LogP contribution in [0.1, 0.15) is 16.0 Å². The van der Waals surface area contributed by atoms with E-state index in [0.29, 0.717) is 6.54 Å². The van der Waals surface area contributed by atoms with Gasteiger partial charge in [-0.25, -0.2) is 0 Å². The van der Waals surface area contributed by atoms with Crippen LogP contribution in [0.15, 0.2) is 36.4 Å². The van der Waals surface area contributed by atoms with Gasteiger partial charge in [0, 0.05) is 17.5 Å². The van der Waals surface area contributed by atoms with Gasteiger partial charge in [-0.05, 0) is 31.5 Å². The lowest BCUT2D eigenvalue weighted by atomic mass is 10.1. The number of hydrogen-bond acceptors (Lipinski definition) is 4. The van der Waals surface area contributed by atoms with E-state index in [4.69, 9.17) is 0 Å². The molecule has 19 heavy (non-hydrogen) atoms. The van der Waals surface area contributed by atoms with Gasteiger partial charge in [-0.2, -0.15) is 0 Å². The molecule has 0 aliphatic rings. The highest BCUT2D eigenvalue weighted by atomic mass is 32.1. The molecule has 1 N–H and O–H groups in total. The Bertz CT molecular complexity index is 566. The summed E-state index contributed by atoms with van der Waals surface area (Å²) in [6.45, 7) is 3.64. The summed E-state index contributed by atoms with van der Waals surface area (Å²) in [6.07, 6.45) is 0.967. The first kappa shape index (κ1) is 13.7. The van der Waals surface area contributed by atoms with Crippen LogP contribution >= 0.6 is 11.3 Å². The summed E-state index contributed by atoms with van der Waals surface area (Å²) >= 11 is 1.23. The molecule has 100 valence electrons. The van der Waals surface area contributed by atoms with Crippen molar-refractivity contribution >= 4 is 16.3 Å². The summed E-state index contributed by atoms with van der Waals surface area (Å²) in [5, 5.41) is 14.1. The van der Waals surface area contributed by atoms with Crippen LogP contribution in [0.5, 0.6) is 0 Å². The Morgan fingerprint density at radius 2 is 2.16 bits per heavy atom. The van der Waals surface area contributed by atoms with E-state index in [1.54, 1.807) is 6.07 Å². The molecule has 1 aromatic carbocycles. The van der Waals surface area contributed by atoms with Crippen molar-refractivity contribution in [2.45, 2.75) is 19.9 Å². The van der Waals surface area contributed by atoms with Gasteiger partial charge in [0.15, 0.2) is 0 Å². The average molecular weight is 276 g/mol. The van der Waals surface area contributed by atoms with Crippen LogP contribution in [-0.4, -0.2) is 11.5 Å². The summed E-state index contributed by atoms with van der Waals surface area (Å²) in [6, 6.07) is 11.8. The van der Waals surface area contributed by atoms with Gasteiger partial charge in [0.2, 0.25) is 0 Å². The fraction of sp³-hybridized carbons (Fsp3) is 0.286. The van der Waals surface area contributed by atoms with Crippen molar-refractivity contribution < 1.29 is 4.92 Å². The zero-order valence-corrected chi connectivity index (χ0v) is 11.6. The highest BCUT2D eigenvalue weighted by Gasteiger charge is 2.08. The van der Waals surface area contributed by atoms with Gasteiger partial charge in [-0.1, -0.05) is 41.2 Å². The highest BCUT2D eigenvalue weighted by Crippen LogP contribution is 2.23. The Labute approximate surface area is 116 Å². The van der Waals surface area contributed by atoms with Crippen molar-refractivity contribution in [1.29, 1.82) is 0 Å². The van der Waals surface area contributed by atoms with Crippen molar-refractivity contribution in [2.24, 2.45) is 0 Å². The fourth-order valence-electron chi connectivity index (χ4n) is 1.87. The molecule has 0 aliphatic heterocycles. The Morgan fingerprint density at radius 3 is 2.84 bits per heavy atom. The quantitative estimate of drug-likeness (QED) is 0.500. The van der Waals surface area contributed by atoms with Gasteiger partial charge in [0.05, 0.1) is 4.92 Å². The van der Waals surface area contributed by atoms with E-state index >= 15 is 0 Å². The van der Waals surface area contributed by atoms with Crippen LogP contribution in [0, 0.1) is 17.0 Å². The molecule has 0 radical (unpaired) electrons. The normalized spacial score (nSPS) is 10.6. The largest absolute Gasteiger partial charge is 0.324 e. The molecule has 4 nitrogen and oxygen atoms in total. The Hall–Kier alpha value is -1.72. The molecule has 0 fully saturated rings. The van der Waals surface area contributed by atoms with Gasteiger partial charge in [0.1, 0.15) is 0 Å². The first-order valence-corrected chi connectivity index (χ1v) is 6.96. The molecule has 0 spiro atoms. The molecule has 0 saturated heterocycles. The number of thiophene rings is 1. The predicted molar refractivity (Wildman–Crippen MR) is 77.6 cm³/mol. The van der Waals surface area contributed by atoms with Gasteiger partial charge in [-0.15, -0.1) is 0 Å². The van der Waals surface area contributed by atoms with Gasteiger partial charge in [-0.3, -0.25) is 10.1 Å². The second-order valence-corrected chi connectivity index (χ2v) is 5.56. The fourth-order valence-corrected chi connectivity index (χ4v) is 2.66. The Balaban J connectivity index is 1.76. The van der Waals surface area contributed by atoms with E-state index in [1.165, 1.54) is 22.5 Å². The molecule has 2 aromatic rings. The number of aryl methyl sites for hydroxylation is 1. The summed E-state index contributed by atoms with van der Waals surface area (Å²) in [5.41, 5.74) is 2.58. The molecule has 2 rings (SSSR count). The van der Waals surface area contributed by atoms with Crippen molar-refractivity contribution in [3.8, 4) is 0 Å². The minimum atomic E-state index is -0.346. The lowest BCUT2D eigenvalue weighted by molar-refractivity contribution is -0.380. The van der Waals surface area contributed by atoms with Crippen molar-refractivity contribution in [2.75, 3.05) is 6.54 Å². The third-order valence-electron chi connectivity index (χ3n) is 2.80. The first-order valence-electron chi connectivity index (χ1n) is 6.14. The summed E-state index contributed by atoms with van der Waals surface area (Å²) in [7, 11) is 0. The molecule has 0 amide bonds. The van der Waals surface area contributed by atoms with Gasteiger partial charge in [0.25, 0.3) is 0 Å². The molecule has 0 atom stereocenters. The summed E-state index contributed by atoms with van der Waals surface area (Å²) < 4.78 is 0. The SMILES string of the molecule is Cc1cccc(CCNCc2ccc([N+](=O)[O-])s2)c1. The monoisotopic (exact) mass is 276 g/mol. The van der Waals surface area contributed by atoms with Crippen molar-refractivity contribution in [3.05, 3.63) is 62.5 Å². The lowest BCUT2D eigenvalue weighted by Gasteiger charge is -2.04. The summed E-state index contributed by atoms with van der Waals surface area (Å²) in [5.74, 6) is 0. The number of nitro groups is 1. The maximum absolute atomic E-state index is 10.6. The maximum Gasteiger partial charge on any atom is 0.324 e. The standard InChI is InChI=1S/C14H16N2O2S/c1-11-3-2-4-12(9-11)7-8-15-10-13-5-6-14(19-13)16(17)18/h2-6,9,15H,7-8,10H2,1H3.